The van der Waals surface area contributed by atoms with Gasteiger partial charge in [-0.2, -0.15) is 0 Å². The molecule has 2 heterocycles. The molecule has 2 unspecified atom stereocenters. The molecule has 2 atom stereocenters. The van der Waals surface area contributed by atoms with Gasteiger partial charge in [0.15, 0.2) is 0 Å². The third kappa shape index (κ3) is 4.77. The van der Waals surface area contributed by atoms with E-state index in [0.29, 0.717) is 12.4 Å². The third-order valence-corrected chi connectivity index (χ3v) is 4.82. The average Bonchev–Trinajstić information content (AvgIpc) is 2.54. The Morgan fingerprint density at radius 2 is 1.96 bits per heavy atom. The van der Waals surface area contributed by atoms with Crippen molar-refractivity contribution in [1.29, 1.82) is 0 Å². The highest BCUT2D eigenvalue weighted by Crippen LogP contribution is 2.35. The van der Waals surface area contributed by atoms with Crippen molar-refractivity contribution in [1.82, 2.24) is 4.90 Å². The number of fused-ring (bicyclic) bond motifs is 2. The third-order valence-electron chi connectivity index (χ3n) is 4.82. The lowest BCUT2D eigenvalue weighted by atomic mass is 9.84. The maximum Gasteiger partial charge on any atom is 0.411 e. The summed E-state index contributed by atoms with van der Waals surface area (Å²) in [6.07, 6.45) is 6.86. The first-order chi connectivity index (χ1) is 12.3. The van der Waals surface area contributed by atoms with Crippen LogP contribution in [-0.2, 0) is 4.74 Å². The lowest BCUT2D eigenvalue weighted by molar-refractivity contribution is -0.00165. The van der Waals surface area contributed by atoms with Crippen molar-refractivity contribution < 1.29 is 18.7 Å². The summed E-state index contributed by atoms with van der Waals surface area (Å²) in [6.45, 7) is 6.26. The Kier molecular flexibility index (Phi) is 5.54. The molecule has 0 saturated carbocycles. The lowest BCUT2D eigenvalue weighted by Crippen LogP contribution is -2.53. The number of halogens is 1. The molecule has 0 radical (unpaired) electrons. The van der Waals surface area contributed by atoms with Gasteiger partial charge in [0.25, 0.3) is 0 Å². The summed E-state index contributed by atoms with van der Waals surface area (Å²) in [6, 6.07) is 6.43. The number of rotatable bonds is 4. The molecule has 2 aliphatic rings. The fourth-order valence-electron chi connectivity index (χ4n) is 3.73. The number of ether oxygens (including phenoxy) is 2. The Bertz CT molecular complexity index is 663. The molecule has 1 aromatic carbocycles. The van der Waals surface area contributed by atoms with Crippen molar-refractivity contribution >= 4 is 6.09 Å². The second-order valence-electron chi connectivity index (χ2n) is 8.12. The minimum Gasteiger partial charge on any atom is -0.493 e. The van der Waals surface area contributed by atoms with E-state index in [0.717, 1.165) is 32.1 Å². The van der Waals surface area contributed by atoms with Gasteiger partial charge < -0.3 is 9.47 Å². The summed E-state index contributed by atoms with van der Waals surface area (Å²) in [5, 5.41) is 0. The van der Waals surface area contributed by atoms with E-state index in [4.69, 9.17) is 9.47 Å². The first-order valence-corrected chi connectivity index (χ1v) is 9.41. The summed E-state index contributed by atoms with van der Waals surface area (Å²) < 4.78 is 24.2. The molecule has 0 N–H and O–H groups in total. The Labute approximate surface area is 155 Å². The molecule has 1 amide bonds. The fourth-order valence-corrected chi connectivity index (χ4v) is 3.73. The van der Waals surface area contributed by atoms with Crippen LogP contribution in [0.2, 0.25) is 0 Å². The van der Waals surface area contributed by atoms with Crippen molar-refractivity contribution in [3.8, 4) is 5.75 Å². The smallest absolute Gasteiger partial charge is 0.411 e. The topological polar surface area (TPSA) is 38.8 Å². The molecule has 5 heteroatoms. The highest BCUT2D eigenvalue weighted by Gasteiger charge is 2.38. The van der Waals surface area contributed by atoms with Gasteiger partial charge in [-0.15, -0.1) is 0 Å². The Morgan fingerprint density at radius 3 is 2.62 bits per heavy atom. The summed E-state index contributed by atoms with van der Waals surface area (Å²) >= 11 is 0. The van der Waals surface area contributed by atoms with Gasteiger partial charge in [-0.25, -0.2) is 9.18 Å². The maximum atomic E-state index is 12.9. The predicted molar refractivity (Wildman–Crippen MR) is 98.7 cm³/mol. The number of piperidine rings is 1. The number of carbonyl (C=O) groups excluding carboxylic acids is 1. The van der Waals surface area contributed by atoms with Crippen LogP contribution < -0.4 is 4.74 Å². The van der Waals surface area contributed by atoms with Gasteiger partial charge in [-0.05, 0) is 70.7 Å². The van der Waals surface area contributed by atoms with Crippen LogP contribution in [0.1, 0.15) is 52.9 Å². The molecule has 0 aliphatic carbocycles. The molecule has 1 saturated heterocycles. The zero-order valence-electron chi connectivity index (χ0n) is 15.8. The van der Waals surface area contributed by atoms with Gasteiger partial charge in [-0.3, -0.25) is 4.90 Å². The molecular weight excluding hydrogens is 333 g/mol. The van der Waals surface area contributed by atoms with Crippen LogP contribution in [0.5, 0.6) is 5.75 Å². The molecular formula is C21H28FNO3. The van der Waals surface area contributed by atoms with Gasteiger partial charge in [0, 0.05) is 12.5 Å². The molecule has 0 spiro atoms. The van der Waals surface area contributed by atoms with E-state index in [2.05, 4.69) is 6.08 Å². The Balaban J connectivity index is 1.59. The summed E-state index contributed by atoms with van der Waals surface area (Å²) in [5.41, 5.74) is 0.861. The van der Waals surface area contributed by atoms with Crippen LogP contribution in [0.15, 0.2) is 35.9 Å². The molecule has 2 aliphatic heterocycles. The van der Waals surface area contributed by atoms with Crippen molar-refractivity contribution in [3.05, 3.63) is 41.7 Å². The number of hydrogen-bond acceptors (Lipinski definition) is 3. The van der Waals surface area contributed by atoms with Gasteiger partial charge in [-0.1, -0.05) is 11.6 Å². The van der Waals surface area contributed by atoms with E-state index < -0.39 is 5.60 Å². The van der Waals surface area contributed by atoms with Gasteiger partial charge in [0.1, 0.15) is 17.2 Å². The van der Waals surface area contributed by atoms with Crippen LogP contribution in [0.3, 0.4) is 0 Å². The van der Waals surface area contributed by atoms with Crippen molar-refractivity contribution in [2.24, 2.45) is 0 Å². The maximum absolute atomic E-state index is 12.9. The van der Waals surface area contributed by atoms with E-state index in [1.807, 2.05) is 25.7 Å². The van der Waals surface area contributed by atoms with Crippen LogP contribution in [0.25, 0.3) is 0 Å². The molecule has 1 aromatic rings. The number of benzene rings is 1. The Morgan fingerprint density at radius 1 is 1.23 bits per heavy atom. The zero-order chi connectivity index (χ0) is 18.7. The fraction of sp³-hybridized carbons (Fsp3) is 0.571. The molecule has 4 nitrogen and oxygen atoms in total. The highest BCUT2D eigenvalue weighted by atomic mass is 19.1. The summed E-state index contributed by atoms with van der Waals surface area (Å²) in [7, 11) is 0. The average molecular weight is 361 g/mol. The molecule has 26 heavy (non-hydrogen) atoms. The first kappa shape index (κ1) is 18.7. The first-order valence-electron chi connectivity index (χ1n) is 9.41. The molecule has 0 aromatic heterocycles. The van der Waals surface area contributed by atoms with Crippen LogP contribution in [0, 0.1) is 5.82 Å². The van der Waals surface area contributed by atoms with E-state index >= 15 is 0 Å². The number of nitrogens with zero attached hydrogens (tertiary/aromatic N) is 1. The van der Waals surface area contributed by atoms with E-state index in [-0.39, 0.29) is 24.0 Å². The monoisotopic (exact) mass is 361 g/mol. The number of hydrogen-bond donors (Lipinski definition) is 0. The van der Waals surface area contributed by atoms with Gasteiger partial charge in [0.05, 0.1) is 12.6 Å². The zero-order valence-corrected chi connectivity index (χ0v) is 15.8. The standard InChI is InChI=1S/C21H28FNO3/c1-21(2,3)26-20(24)23-17-5-4-6-18(23)14-15(13-17)11-12-25-19-9-7-16(22)8-10-19/h7-10,13,17-18H,4-6,11-12,14H2,1-3H3. The van der Waals surface area contributed by atoms with Crippen LogP contribution in [-0.4, -0.2) is 35.3 Å². The second-order valence-corrected chi connectivity index (χ2v) is 8.12. The lowest BCUT2D eigenvalue weighted by Gasteiger charge is -2.45. The van der Waals surface area contributed by atoms with Crippen molar-refractivity contribution in [2.45, 2.75) is 70.6 Å². The van der Waals surface area contributed by atoms with Gasteiger partial charge >= 0.3 is 6.09 Å². The highest BCUT2D eigenvalue weighted by molar-refractivity contribution is 5.70. The summed E-state index contributed by atoms with van der Waals surface area (Å²) in [5.74, 6) is 0.417. The SMILES string of the molecule is CC(C)(C)OC(=O)N1C2C=C(CCOc3ccc(F)cc3)CC1CCC2. The number of amides is 1. The Hall–Kier alpha value is -2.04. The summed E-state index contributed by atoms with van der Waals surface area (Å²) in [4.78, 5) is 14.5. The van der Waals surface area contributed by atoms with Gasteiger partial charge in [0.2, 0.25) is 0 Å². The molecule has 142 valence electrons. The van der Waals surface area contributed by atoms with E-state index in [1.165, 1.54) is 17.7 Å². The largest absolute Gasteiger partial charge is 0.493 e. The van der Waals surface area contributed by atoms with Crippen molar-refractivity contribution in [2.75, 3.05) is 6.61 Å². The van der Waals surface area contributed by atoms with E-state index in [9.17, 15) is 9.18 Å². The predicted octanol–water partition coefficient (Wildman–Crippen LogP) is 5.08. The molecule has 3 rings (SSSR count). The van der Waals surface area contributed by atoms with E-state index in [1.54, 1.807) is 12.1 Å². The molecule has 2 bridgehead atoms. The number of carbonyl (C=O) groups is 1. The minimum absolute atomic E-state index is 0.123. The minimum atomic E-state index is -0.474. The quantitative estimate of drug-likeness (QED) is 0.702. The molecule has 1 fully saturated rings. The normalized spacial score (nSPS) is 22.6. The van der Waals surface area contributed by atoms with Crippen molar-refractivity contribution in [3.63, 3.8) is 0 Å². The second kappa shape index (κ2) is 7.68. The van der Waals surface area contributed by atoms with Crippen LogP contribution in [0.4, 0.5) is 9.18 Å². The van der Waals surface area contributed by atoms with Crippen LogP contribution >= 0.6 is 0 Å².